The maximum absolute atomic E-state index is 5.17. The van der Waals surface area contributed by atoms with Crippen molar-refractivity contribution >= 4 is 11.5 Å². The van der Waals surface area contributed by atoms with Gasteiger partial charge < -0.3 is 15.4 Å². The molecule has 0 saturated carbocycles. The Bertz CT molecular complexity index is 516. The molecule has 0 amide bonds. The molecule has 0 radical (unpaired) electrons. The van der Waals surface area contributed by atoms with Crippen molar-refractivity contribution in [2.45, 2.75) is 6.54 Å². The smallest absolute Gasteiger partial charge is 0.144 e. The zero-order chi connectivity index (χ0) is 12.8. The van der Waals surface area contributed by atoms with E-state index in [-0.39, 0.29) is 0 Å². The van der Waals surface area contributed by atoms with Crippen LogP contribution in [-0.2, 0) is 6.54 Å². The lowest BCUT2D eigenvalue weighted by Gasteiger charge is -2.08. The summed E-state index contributed by atoms with van der Waals surface area (Å²) in [5, 5.41) is 6.24. The number of methoxy groups -OCH3 is 1. The predicted octanol–water partition coefficient (Wildman–Crippen LogP) is 1.95. The molecule has 94 valence electrons. The number of hydrogen-bond acceptors (Lipinski definition) is 5. The summed E-state index contributed by atoms with van der Waals surface area (Å²) in [5.41, 5.74) is 0.934. The number of benzene rings is 1. The van der Waals surface area contributed by atoms with Gasteiger partial charge in [0.25, 0.3) is 0 Å². The number of nitrogens with zero attached hydrogens (tertiary/aromatic N) is 2. The lowest BCUT2D eigenvalue weighted by atomic mass is 10.3. The van der Waals surface area contributed by atoms with Gasteiger partial charge in [0, 0.05) is 18.0 Å². The van der Waals surface area contributed by atoms with E-state index in [4.69, 9.17) is 4.74 Å². The molecule has 0 atom stereocenters. The maximum atomic E-state index is 5.17. The van der Waals surface area contributed by atoms with Gasteiger partial charge in [-0.2, -0.15) is 0 Å². The molecule has 0 bridgehead atoms. The normalized spacial score (nSPS) is 10.1. The van der Waals surface area contributed by atoms with E-state index in [1.54, 1.807) is 13.3 Å². The van der Waals surface area contributed by atoms with Gasteiger partial charge in [-0.1, -0.05) is 6.07 Å². The summed E-state index contributed by atoms with van der Waals surface area (Å²) in [6, 6.07) is 9.54. The third kappa shape index (κ3) is 3.18. The van der Waals surface area contributed by atoms with Crippen molar-refractivity contribution in [2.24, 2.45) is 0 Å². The molecular weight excluding hydrogens is 228 g/mol. The number of aromatic nitrogens is 2. The molecule has 0 aliphatic heterocycles. The molecule has 0 aliphatic rings. The van der Waals surface area contributed by atoms with Crippen LogP contribution in [0.1, 0.15) is 5.82 Å². The number of anilines is 2. The molecule has 2 rings (SSSR count). The SMILES string of the molecule is CNCc1nccc(Nc2cccc(OC)c2)n1. The lowest BCUT2D eigenvalue weighted by molar-refractivity contribution is 0.415. The molecule has 1 aromatic heterocycles. The van der Waals surface area contributed by atoms with Gasteiger partial charge in [0.15, 0.2) is 0 Å². The largest absolute Gasteiger partial charge is 0.497 e. The fourth-order valence-electron chi connectivity index (χ4n) is 1.56. The van der Waals surface area contributed by atoms with Gasteiger partial charge in [-0.15, -0.1) is 0 Å². The molecule has 18 heavy (non-hydrogen) atoms. The van der Waals surface area contributed by atoms with Crippen molar-refractivity contribution in [3.63, 3.8) is 0 Å². The number of ether oxygens (including phenoxy) is 1. The number of nitrogens with one attached hydrogen (secondary N) is 2. The first kappa shape index (κ1) is 12.3. The van der Waals surface area contributed by atoms with Gasteiger partial charge in [-0.05, 0) is 25.2 Å². The molecule has 0 saturated heterocycles. The van der Waals surface area contributed by atoms with Crippen molar-refractivity contribution in [2.75, 3.05) is 19.5 Å². The van der Waals surface area contributed by atoms with E-state index >= 15 is 0 Å². The minimum absolute atomic E-state index is 0.646. The third-order valence-corrected chi connectivity index (χ3v) is 2.38. The van der Waals surface area contributed by atoms with Crippen molar-refractivity contribution in [1.82, 2.24) is 15.3 Å². The Morgan fingerprint density at radius 1 is 1.28 bits per heavy atom. The number of rotatable bonds is 5. The van der Waals surface area contributed by atoms with E-state index in [2.05, 4.69) is 20.6 Å². The quantitative estimate of drug-likeness (QED) is 0.841. The average Bonchev–Trinajstić information content (AvgIpc) is 2.40. The summed E-state index contributed by atoms with van der Waals surface area (Å²) in [6.45, 7) is 0.646. The van der Waals surface area contributed by atoms with Crippen molar-refractivity contribution in [1.29, 1.82) is 0 Å². The topological polar surface area (TPSA) is 59.1 Å². The molecule has 1 aromatic carbocycles. The molecule has 2 N–H and O–H groups in total. The second kappa shape index (κ2) is 5.97. The van der Waals surface area contributed by atoms with Crippen molar-refractivity contribution < 1.29 is 4.74 Å². The first-order chi connectivity index (χ1) is 8.81. The first-order valence-corrected chi connectivity index (χ1v) is 5.69. The van der Waals surface area contributed by atoms with E-state index in [0.29, 0.717) is 6.54 Å². The van der Waals surface area contributed by atoms with Crippen LogP contribution >= 0.6 is 0 Å². The second-order valence-corrected chi connectivity index (χ2v) is 3.75. The van der Waals surface area contributed by atoms with Gasteiger partial charge >= 0.3 is 0 Å². The fraction of sp³-hybridized carbons (Fsp3) is 0.231. The minimum atomic E-state index is 0.646. The van der Waals surface area contributed by atoms with E-state index in [1.807, 2.05) is 37.4 Å². The van der Waals surface area contributed by atoms with E-state index < -0.39 is 0 Å². The zero-order valence-corrected chi connectivity index (χ0v) is 10.5. The average molecular weight is 244 g/mol. The Hall–Kier alpha value is -2.14. The van der Waals surface area contributed by atoms with Crippen LogP contribution in [0, 0.1) is 0 Å². The van der Waals surface area contributed by atoms with Crippen LogP contribution in [0.2, 0.25) is 0 Å². The van der Waals surface area contributed by atoms with Crippen LogP contribution in [0.15, 0.2) is 36.5 Å². The molecule has 0 unspecified atom stereocenters. The molecule has 0 spiro atoms. The van der Waals surface area contributed by atoms with Gasteiger partial charge in [0.05, 0.1) is 13.7 Å². The predicted molar refractivity (Wildman–Crippen MR) is 71.1 cm³/mol. The highest BCUT2D eigenvalue weighted by molar-refractivity contribution is 5.57. The van der Waals surface area contributed by atoms with Crippen LogP contribution < -0.4 is 15.4 Å². The third-order valence-electron chi connectivity index (χ3n) is 2.38. The van der Waals surface area contributed by atoms with Crippen molar-refractivity contribution in [3.05, 3.63) is 42.4 Å². The molecule has 0 fully saturated rings. The monoisotopic (exact) mass is 244 g/mol. The highest BCUT2D eigenvalue weighted by atomic mass is 16.5. The van der Waals surface area contributed by atoms with E-state index in [9.17, 15) is 0 Å². The standard InChI is InChI=1S/C13H16N4O/c1-14-9-13-15-7-6-12(17-13)16-10-4-3-5-11(8-10)18-2/h3-8,14H,9H2,1-2H3,(H,15,16,17). The minimum Gasteiger partial charge on any atom is -0.497 e. The Morgan fingerprint density at radius 2 is 2.17 bits per heavy atom. The summed E-state index contributed by atoms with van der Waals surface area (Å²) < 4.78 is 5.17. The van der Waals surface area contributed by atoms with Gasteiger partial charge in [-0.25, -0.2) is 9.97 Å². The molecular formula is C13H16N4O. The summed E-state index contributed by atoms with van der Waals surface area (Å²) in [7, 11) is 3.51. The molecule has 5 nitrogen and oxygen atoms in total. The van der Waals surface area contributed by atoms with Crippen LogP contribution in [0.4, 0.5) is 11.5 Å². The fourth-order valence-corrected chi connectivity index (χ4v) is 1.56. The first-order valence-electron chi connectivity index (χ1n) is 5.69. The second-order valence-electron chi connectivity index (χ2n) is 3.75. The molecule has 0 aliphatic carbocycles. The van der Waals surface area contributed by atoms with Crippen LogP contribution in [-0.4, -0.2) is 24.1 Å². The highest BCUT2D eigenvalue weighted by Gasteiger charge is 2.00. The Balaban J connectivity index is 2.14. The lowest BCUT2D eigenvalue weighted by Crippen LogP contribution is -2.09. The Labute approximate surface area is 106 Å². The van der Waals surface area contributed by atoms with Crippen LogP contribution in [0.3, 0.4) is 0 Å². The van der Waals surface area contributed by atoms with Gasteiger partial charge in [-0.3, -0.25) is 0 Å². The molecule has 2 aromatic rings. The maximum Gasteiger partial charge on any atom is 0.144 e. The highest BCUT2D eigenvalue weighted by Crippen LogP contribution is 2.19. The summed E-state index contributed by atoms with van der Waals surface area (Å²) >= 11 is 0. The van der Waals surface area contributed by atoms with Crippen molar-refractivity contribution in [3.8, 4) is 5.75 Å². The molecule has 1 heterocycles. The number of hydrogen-bond donors (Lipinski definition) is 2. The zero-order valence-electron chi connectivity index (χ0n) is 10.5. The van der Waals surface area contributed by atoms with Crippen LogP contribution in [0.25, 0.3) is 0 Å². The molecule has 5 heteroatoms. The van der Waals surface area contributed by atoms with E-state index in [1.165, 1.54) is 0 Å². The summed E-state index contributed by atoms with van der Waals surface area (Å²) in [5.74, 6) is 2.33. The van der Waals surface area contributed by atoms with Crippen LogP contribution in [0.5, 0.6) is 5.75 Å². The Kier molecular flexibility index (Phi) is 4.09. The van der Waals surface area contributed by atoms with Gasteiger partial charge in [0.2, 0.25) is 0 Å². The summed E-state index contributed by atoms with van der Waals surface area (Å²) in [4.78, 5) is 8.55. The van der Waals surface area contributed by atoms with Gasteiger partial charge in [0.1, 0.15) is 17.4 Å². The summed E-state index contributed by atoms with van der Waals surface area (Å²) in [6.07, 6.45) is 1.74. The Morgan fingerprint density at radius 3 is 2.94 bits per heavy atom. The van der Waals surface area contributed by atoms with E-state index in [0.717, 1.165) is 23.1 Å².